The monoisotopic (exact) mass is 411 g/mol. The molecule has 1 aliphatic rings. The number of rotatable bonds is 6. The van der Waals surface area contributed by atoms with E-state index in [9.17, 15) is 13.9 Å². The van der Waals surface area contributed by atoms with Crippen molar-refractivity contribution in [2.75, 3.05) is 20.2 Å². The Labute approximate surface area is 174 Å². The summed E-state index contributed by atoms with van der Waals surface area (Å²) in [6, 6.07) is 13.3. The van der Waals surface area contributed by atoms with Gasteiger partial charge in [-0.05, 0) is 29.8 Å². The molecule has 4 rings (SSSR count). The van der Waals surface area contributed by atoms with Gasteiger partial charge in [-0.3, -0.25) is 14.9 Å². The van der Waals surface area contributed by atoms with Gasteiger partial charge in [0.25, 0.3) is 5.92 Å². The number of hydrogen-bond donors (Lipinski definition) is 1. The highest BCUT2D eigenvalue weighted by Crippen LogP contribution is 2.47. The van der Waals surface area contributed by atoms with E-state index in [4.69, 9.17) is 4.74 Å². The van der Waals surface area contributed by atoms with E-state index in [1.807, 2.05) is 0 Å². The van der Waals surface area contributed by atoms with E-state index in [1.54, 1.807) is 85.3 Å². The zero-order valence-corrected chi connectivity index (χ0v) is 16.6. The van der Waals surface area contributed by atoms with Gasteiger partial charge in [-0.25, -0.2) is 8.78 Å². The fourth-order valence-corrected chi connectivity index (χ4v) is 4.14. The summed E-state index contributed by atoms with van der Waals surface area (Å²) >= 11 is 0. The molecule has 0 spiro atoms. The Balaban J connectivity index is 1.91. The van der Waals surface area contributed by atoms with Gasteiger partial charge >= 0.3 is 0 Å². The van der Waals surface area contributed by atoms with E-state index in [0.717, 1.165) is 0 Å². The molecular weight excluding hydrogens is 388 g/mol. The second-order valence-electron chi connectivity index (χ2n) is 7.50. The minimum absolute atomic E-state index is 0.159. The molecule has 1 aliphatic heterocycles. The topological polar surface area (TPSA) is 58.5 Å². The van der Waals surface area contributed by atoms with Crippen LogP contribution in [0.4, 0.5) is 8.78 Å². The number of pyridine rings is 2. The summed E-state index contributed by atoms with van der Waals surface area (Å²) in [6.45, 7) is -0.279. The number of alkyl halides is 2. The number of methoxy groups -OCH3 is 1. The summed E-state index contributed by atoms with van der Waals surface area (Å²) in [5.41, 5.74) is 0.0733. The molecule has 1 atom stereocenters. The number of hydrogen-bond acceptors (Lipinski definition) is 5. The highest BCUT2D eigenvalue weighted by Gasteiger charge is 2.50. The molecule has 0 amide bonds. The van der Waals surface area contributed by atoms with E-state index >= 15 is 0 Å². The summed E-state index contributed by atoms with van der Waals surface area (Å²) in [7, 11) is 1.56. The van der Waals surface area contributed by atoms with Gasteiger partial charge in [0.1, 0.15) is 11.4 Å². The lowest BCUT2D eigenvalue weighted by atomic mass is 9.77. The maximum absolute atomic E-state index is 14.2. The van der Waals surface area contributed by atoms with E-state index in [1.165, 1.54) is 0 Å². The number of benzene rings is 1. The molecule has 1 unspecified atom stereocenters. The first kappa shape index (κ1) is 20.4. The zero-order valence-electron chi connectivity index (χ0n) is 16.6. The molecule has 156 valence electrons. The molecule has 5 nitrogen and oxygen atoms in total. The molecule has 0 saturated carbocycles. The standard InChI is InChI=1S/C23H23F2N3O2/c1-30-20-8-6-17(7-9-20)21(28-13-10-22(24,25)16-28)23(29,18-4-2-11-26-14-18)19-5-3-12-27-15-19/h2-9,11-12,14-15,21,29H,10,13,16H2,1H3. The van der Waals surface area contributed by atoms with Crippen LogP contribution in [-0.4, -0.2) is 46.1 Å². The molecule has 7 heteroatoms. The average Bonchev–Trinajstić information content (AvgIpc) is 3.14. The third kappa shape index (κ3) is 3.78. The van der Waals surface area contributed by atoms with Crippen LogP contribution in [-0.2, 0) is 5.60 Å². The van der Waals surface area contributed by atoms with Gasteiger partial charge in [0.2, 0.25) is 0 Å². The predicted octanol–water partition coefficient (Wildman–Crippen LogP) is 3.80. The summed E-state index contributed by atoms with van der Waals surface area (Å²) in [4.78, 5) is 9.98. The number of ether oxygens (including phenoxy) is 1. The van der Waals surface area contributed by atoms with Crippen molar-refractivity contribution in [1.82, 2.24) is 14.9 Å². The van der Waals surface area contributed by atoms with Crippen LogP contribution in [0.3, 0.4) is 0 Å². The Hall–Kier alpha value is -2.90. The van der Waals surface area contributed by atoms with Gasteiger partial charge in [-0.15, -0.1) is 0 Å². The Kier molecular flexibility index (Phi) is 5.49. The molecule has 30 heavy (non-hydrogen) atoms. The second kappa shape index (κ2) is 8.08. The van der Waals surface area contributed by atoms with E-state index < -0.39 is 24.1 Å². The smallest absolute Gasteiger partial charge is 0.261 e. The van der Waals surface area contributed by atoms with Gasteiger partial charge in [0, 0.05) is 48.9 Å². The van der Waals surface area contributed by atoms with Crippen molar-refractivity contribution in [3.63, 3.8) is 0 Å². The lowest BCUT2D eigenvalue weighted by molar-refractivity contribution is -0.0384. The molecule has 3 aromatic rings. The third-order valence-electron chi connectivity index (χ3n) is 5.59. The number of nitrogens with zero attached hydrogens (tertiary/aromatic N) is 3. The summed E-state index contributed by atoms with van der Waals surface area (Å²) in [6.07, 6.45) is 6.10. The molecule has 3 heterocycles. The molecule has 0 aliphatic carbocycles. The fraction of sp³-hybridized carbons (Fsp3) is 0.304. The Morgan fingerprint density at radius 1 is 1.03 bits per heavy atom. The Bertz CT molecular complexity index is 929. The van der Waals surface area contributed by atoms with Crippen molar-refractivity contribution in [2.45, 2.75) is 24.0 Å². The van der Waals surface area contributed by atoms with Crippen LogP contribution in [0.25, 0.3) is 0 Å². The first-order valence-electron chi connectivity index (χ1n) is 9.73. The normalized spacial score (nSPS) is 17.6. The van der Waals surface area contributed by atoms with Gasteiger partial charge in [-0.2, -0.15) is 0 Å². The highest BCUT2D eigenvalue weighted by molar-refractivity contribution is 5.41. The van der Waals surface area contributed by atoms with Crippen LogP contribution < -0.4 is 4.74 Å². The minimum atomic E-state index is -2.81. The largest absolute Gasteiger partial charge is 0.497 e. The highest BCUT2D eigenvalue weighted by atomic mass is 19.3. The van der Waals surface area contributed by atoms with Crippen LogP contribution in [0.5, 0.6) is 5.75 Å². The van der Waals surface area contributed by atoms with Crippen LogP contribution in [0.15, 0.2) is 73.3 Å². The van der Waals surface area contributed by atoms with Crippen LogP contribution >= 0.6 is 0 Å². The van der Waals surface area contributed by atoms with Crippen molar-refractivity contribution >= 4 is 0 Å². The van der Waals surface area contributed by atoms with Crippen molar-refractivity contribution in [3.8, 4) is 5.75 Å². The fourth-order valence-electron chi connectivity index (χ4n) is 4.14. The van der Waals surface area contributed by atoms with E-state index in [-0.39, 0.29) is 13.0 Å². The minimum Gasteiger partial charge on any atom is -0.497 e. The summed E-state index contributed by atoms with van der Waals surface area (Å²) in [5.74, 6) is -2.16. The number of aromatic nitrogens is 2. The van der Waals surface area contributed by atoms with Gasteiger partial charge in [0.05, 0.1) is 19.7 Å². The maximum Gasteiger partial charge on any atom is 0.261 e. The van der Waals surface area contributed by atoms with Crippen LogP contribution in [0, 0.1) is 0 Å². The zero-order chi connectivity index (χ0) is 21.2. The van der Waals surface area contributed by atoms with Gasteiger partial charge < -0.3 is 9.84 Å². The van der Waals surface area contributed by atoms with Gasteiger partial charge in [0.15, 0.2) is 0 Å². The molecular formula is C23H23F2N3O2. The predicted molar refractivity (Wildman–Crippen MR) is 108 cm³/mol. The lowest BCUT2D eigenvalue weighted by Gasteiger charge is -2.42. The van der Waals surface area contributed by atoms with Crippen molar-refractivity contribution in [2.24, 2.45) is 0 Å². The molecule has 2 aromatic heterocycles. The maximum atomic E-state index is 14.2. The van der Waals surface area contributed by atoms with Crippen molar-refractivity contribution in [3.05, 3.63) is 90.0 Å². The molecule has 1 saturated heterocycles. The van der Waals surface area contributed by atoms with Crippen LogP contribution in [0.1, 0.15) is 29.2 Å². The first-order valence-corrected chi connectivity index (χ1v) is 9.73. The molecule has 1 fully saturated rings. The lowest BCUT2D eigenvalue weighted by Crippen LogP contribution is -2.45. The molecule has 1 N–H and O–H groups in total. The number of likely N-dealkylation sites (tertiary alicyclic amines) is 1. The Morgan fingerprint density at radius 2 is 1.63 bits per heavy atom. The molecule has 0 bridgehead atoms. The quantitative estimate of drug-likeness (QED) is 0.669. The summed E-state index contributed by atoms with van der Waals surface area (Å²) in [5, 5.41) is 12.2. The average molecular weight is 411 g/mol. The molecule has 0 radical (unpaired) electrons. The van der Waals surface area contributed by atoms with E-state index in [0.29, 0.717) is 22.4 Å². The SMILES string of the molecule is COc1ccc(C(N2CCC(F)(F)C2)C(O)(c2cccnc2)c2cccnc2)cc1. The van der Waals surface area contributed by atoms with Crippen LogP contribution in [0.2, 0.25) is 0 Å². The van der Waals surface area contributed by atoms with Crippen molar-refractivity contribution in [1.29, 1.82) is 0 Å². The summed E-state index contributed by atoms with van der Waals surface area (Å²) < 4.78 is 33.7. The third-order valence-corrected chi connectivity index (χ3v) is 5.59. The first-order chi connectivity index (χ1) is 14.4. The van der Waals surface area contributed by atoms with Gasteiger partial charge in [-0.1, -0.05) is 24.3 Å². The second-order valence-corrected chi connectivity index (χ2v) is 7.50. The molecule has 1 aromatic carbocycles. The van der Waals surface area contributed by atoms with Crippen molar-refractivity contribution < 1.29 is 18.6 Å². The van der Waals surface area contributed by atoms with E-state index in [2.05, 4.69) is 9.97 Å². The number of halogens is 2. The Morgan fingerprint density at radius 3 is 2.07 bits per heavy atom. The number of aliphatic hydroxyl groups is 1.